The lowest BCUT2D eigenvalue weighted by atomic mass is 9.98. The molecule has 2 N–H and O–H groups in total. The topological polar surface area (TPSA) is 49.3 Å². The molecule has 22 heavy (non-hydrogen) atoms. The molecule has 0 radical (unpaired) electrons. The fourth-order valence-corrected chi connectivity index (χ4v) is 2.48. The second-order valence-corrected chi connectivity index (χ2v) is 7.62. The van der Waals surface area contributed by atoms with Crippen molar-refractivity contribution in [2.75, 3.05) is 6.54 Å². The molecule has 0 aliphatic heterocycles. The van der Waals surface area contributed by atoms with Crippen molar-refractivity contribution in [3.63, 3.8) is 0 Å². The second kappa shape index (κ2) is 9.70. The molecule has 0 aliphatic carbocycles. The number of nitrogens with zero attached hydrogens (tertiary/aromatic N) is 2. The average Bonchev–Trinajstić information content (AvgIpc) is 2.84. The van der Waals surface area contributed by atoms with Gasteiger partial charge in [-0.2, -0.15) is 0 Å². The monoisotopic (exact) mass is 438 g/mol. The van der Waals surface area contributed by atoms with Gasteiger partial charge in [-0.15, -0.1) is 35.3 Å². The molecule has 128 valence electrons. The molecule has 1 heterocycles. The third-order valence-electron chi connectivity index (χ3n) is 3.30. The number of guanidine groups is 1. The maximum atomic E-state index is 4.68. The van der Waals surface area contributed by atoms with Crippen molar-refractivity contribution >= 4 is 41.3 Å². The number of thiazole rings is 1. The summed E-state index contributed by atoms with van der Waals surface area (Å²) in [6, 6.07) is 0.392. The fraction of sp³-hybridized carbons (Fsp3) is 0.750. The van der Waals surface area contributed by atoms with E-state index in [0.717, 1.165) is 18.2 Å². The molecule has 0 saturated heterocycles. The minimum Gasteiger partial charge on any atom is -0.357 e. The van der Waals surface area contributed by atoms with Crippen LogP contribution in [0.5, 0.6) is 0 Å². The average molecular weight is 438 g/mol. The summed E-state index contributed by atoms with van der Waals surface area (Å²) in [4.78, 5) is 9.32. The summed E-state index contributed by atoms with van der Waals surface area (Å²) in [5, 5.41) is 10.0. The lowest BCUT2D eigenvalue weighted by Gasteiger charge is -2.20. The maximum absolute atomic E-state index is 4.68. The first-order valence-electron chi connectivity index (χ1n) is 7.73. The Bertz CT molecular complexity index is 463. The lowest BCUT2D eigenvalue weighted by molar-refractivity contribution is 0.481. The second-order valence-electron chi connectivity index (χ2n) is 6.77. The van der Waals surface area contributed by atoms with Gasteiger partial charge in [0.25, 0.3) is 0 Å². The van der Waals surface area contributed by atoms with Gasteiger partial charge in [-0.1, -0.05) is 34.6 Å². The molecule has 6 heteroatoms. The van der Waals surface area contributed by atoms with E-state index < -0.39 is 0 Å². The van der Waals surface area contributed by atoms with Crippen LogP contribution in [-0.2, 0) is 12.0 Å². The molecule has 1 atom stereocenters. The lowest BCUT2D eigenvalue weighted by Crippen LogP contribution is -2.44. The Morgan fingerprint density at radius 1 is 1.32 bits per heavy atom. The molecule has 4 nitrogen and oxygen atoms in total. The quantitative estimate of drug-likeness (QED) is 0.413. The van der Waals surface area contributed by atoms with Crippen LogP contribution >= 0.6 is 35.3 Å². The Kier molecular flexibility index (Phi) is 9.54. The zero-order chi connectivity index (χ0) is 16.0. The molecule has 0 fully saturated rings. The van der Waals surface area contributed by atoms with Crippen molar-refractivity contribution in [3.8, 4) is 0 Å². The van der Waals surface area contributed by atoms with Crippen LogP contribution in [0.1, 0.15) is 59.2 Å². The van der Waals surface area contributed by atoms with Gasteiger partial charge in [0.2, 0.25) is 0 Å². The first kappa shape index (κ1) is 21.6. The summed E-state index contributed by atoms with van der Waals surface area (Å²) in [7, 11) is 0. The Labute approximate surface area is 156 Å². The van der Waals surface area contributed by atoms with E-state index in [1.54, 1.807) is 11.3 Å². The fourth-order valence-electron chi connectivity index (χ4n) is 1.59. The van der Waals surface area contributed by atoms with Gasteiger partial charge in [0, 0.05) is 23.4 Å². The van der Waals surface area contributed by atoms with E-state index in [0.29, 0.717) is 18.5 Å². The van der Waals surface area contributed by atoms with Crippen molar-refractivity contribution in [1.82, 2.24) is 15.6 Å². The molecule has 1 rings (SSSR count). The van der Waals surface area contributed by atoms with Gasteiger partial charge < -0.3 is 10.6 Å². The molecule has 0 amide bonds. The van der Waals surface area contributed by atoms with Crippen LogP contribution < -0.4 is 10.6 Å². The predicted octanol–water partition coefficient (Wildman–Crippen LogP) is 4.16. The summed E-state index contributed by atoms with van der Waals surface area (Å²) in [6.07, 6.45) is 0. The van der Waals surface area contributed by atoms with E-state index in [-0.39, 0.29) is 29.4 Å². The summed E-state index contributed by atoms with van der Waals surface area (Å²) in [5.74, 6) is 1.43. The van der Waals surface area contributed by atoms with Gasteiger partial charge in [0.1, 0.15) is 0 Å². The molecule has 0 saturated carbocycles. The number of hydrogen-bond acceptors (Lipinski definition) is 3. The first-order valence-corrected chi connectivity index (χ1v) is 8.61. The van der Waals surface area contributed by atoms with E-state index in [1.807, 2.05) is 0 Å². The van der Waals surface area contributed by atoms with E-state index in [9.17, 15) is 0 Å². The van der Waals surface area contributed by atoms with Gasteiger partial charge in [-0.3, -0.25) is 0 Å². The third-order valence-corrected chi connectivity index (χ3v) is 4.62. The van der Waals surface area contributed by atoms with E-state index >= 15 is 0 Å². The zero-order valence-electron chi connectivity index (χ0n) is 14.9. The van der Waals surface area contributed by atoms with Crippen molar-refractivity contribution in [2.24, 2.45) is 10.9 Å². The normalized spacial score (nSPS) is 13.7. The highest BCUT2D eigenvalue weighted by molar-refractivity contribution is 14.0. The molecule has 1 aromatic rings. The highest BCUT2D eigenvalue weighted by Gasteiger charge is 2.17. The van der Waals surface area contributed by atoms with Crippen LogP contribution in [0.4, 0.5) is 0 Å². The number of rotatable bonds is 5. The number of halogens is 1. The Hall–Kier alpha value is -0.370. The minimum absolute atomic E-state index is 0. The van der Waals surface area contributed by atoms with Crippen LogP contribution in [0, 0.1) is 5.92 Å². The van der Waals surface area contributed by atoms with Crippen LogP contribution in [0.25, 0.3) is 0 Å². The van der Waals surface area contributed by atoms with E-state index in [1.165, 1.54) is 5.01 Å². The van der Waals surface area contributed by atoms with Gasteiger partial charge in [-0.05, 0) is 19.8 Å². The van der Waals surface area contributed by atoms with Crippen molar-refractivity contribution in [1.29, 1.82) is 0 Å². The zero-order valence-corrected chi connectivity index (χ0v) is 18.0. The first-order chi connectivity index (χ1) is 9.74. The molecular weight excluding hydrogens is 407 g/mol. The Balaban J connectivity index is 0.00000441. The number of aromatic nitrogens is 1. The van der Waals surface area contributed by atoms with Gasteiger partial charge in [0.15, 0.2) is 5.96 Å². The molecule has 0 bridgehead atoms. The van der Waals surface area contributed by atoms with Crippen LogP contribution in [0.15, 0.2) is 10.4 Å². The van der Waals surface area contributed by atoms with Crippen LogP contribution in [0.2, 0.25) is 0 Å². The smallest absolute Gasteiger partial charge is 0.191 e. The molecule has 0 aromatic carbocycles. The van der Waals surface area contributed by atoms with Crippen LogP contribution in [-0.4, -0.2) is 23.5 Å². The number of hydrogen-bond donors (Lipinski definition) is 2. The summed E-state index contributed by atoms with van der Waals surface area (Å²) in [5.41, 5.74) is 1.15. The van der Waals surface area contributed by atoms with Gasteiger partial charge in [0.05, 0.1) is 17.2 Å². The van der Waals surface area contributed by atoms with Crippen molar-refractivity contribution in [3.05, 3.63) is 16.1 Å². The van der Waals surface area contributed by atoms with E-state index in [2.05, 4.69) is 74.5 Å². The summed E-state index contributed by atoms with van der Waals surface area (Å²) >= 11 is 1.72. The van der Waals surface area contributed by atoms with Crippen molar-refractivity contribution in [2.45, 2.75) is 66.5 Å². The largest absolute Gasteiger partial charge is 0.357 e. The third kappa shape index (κ3) is 7.26. The Morgan fingerprint density at radius 2 is 1.95 bits per heavy atom. The van der Waals surface area contributed by atoms with Crippen LogP contribution in [0.3, 0.4) is 0 Å². The summed E-state index contributed by atoms with van der Waals surface area (Å²) in [6.45, 7) is 16.7. The van der Waals surface area contributed by atoms with Gasteiger partial charge >= 0.3 is 0 Å². The predicted molar refractivity (Wildman–Crippen MR) is 108 cm³/mol. The SMILES string of the molecule is CCNC(=NCc1csc(C(C)(C)C)n1)NC(C)C(C)C.I. The standard InChI is InChI=1S/C16H30N4S.HI/c1-8-17-15(19-12(4)11(2)3)18-9-13-10-21-14(20-13)16(5,6)7;/h10-12H,8-9H2,1-7H3,(H2,17,18,19);1H. The minimum atomic E-state index is 0. The highest BCUT2D eigenvalue weighted by atomic mass is 127. The molecule has 0 aliphatic rings. The number of aliphatic imine (C=N–C) groups is 1. The molecule has 0 spiro atoms. The molecule has 1 unspecified atom stereocenters. The van der Waals surface area contributed by atoms with E-state index in [4.69, 9.17) is 0 Å². The van der Waals surface area contributed by atoms with Crippen molar-refractivity contribution < 1.29 is 0 Å². The highest BCUT2D eigenvalue weighted by Crippen LogP contribution is 2.25. The molecular formula is C16H31IN4S. The summed E-state index contributed by atoms with van der Waals surface area (Å²) < 4.78 is 0. The molecule has 1 aromatic heterocycles. The number of nitrogens with one attached hydrogen (secondary N) is 2. The van der Waals surface area contributed by atoms with Gasteiger partial charge in [-0.25, -0.2) is 9.98 Å². The Morgan fingerprint density at radius 3 is 2.41 bits per heavy atom. The maximum Gasteiger partial charge on any atom is 0.191 e.